The molecule has 0 saturated heterocycles. The Balaban J connectivity index is 1.67. The second-order valence-electron chi connectivity index (χ2n) is 10.5. The first-order valence-electron chi connectivity index (χ1n) is 13.1. The molecule has 0 radical (unpaired) electrons. The van der Waals surface area contributed by atoms with Gasteiger partial charge in [-0.3, -0.25) is 14.4 Å². The van der Waals surface area contributed by atoms with E-state index in [0.29, 0.717) is 19.6 Å². The normalized spacial score (nSPS) is 18.3. The van der Waals surface area contributed by atoms with Crippen molar-refractivity contribution in [3.05, 3.63) is 71.7 Å². The number of carboxylic acids is 1. The Labute approximate surface area is 239 Å². The zero-order valence-electron chi connectivity index (χ0n) is 23.4. The lowest BCUT2D eigenvalue weighted by Gasteiger charge is -2.38. The Morgan fingerprint density at radius 2 is 1.95 bits per heavy atom. The maximum Gasteiger partial charge on any atom is 0.335 e. The number of nitrogens with zero attached hydrogens (tertiary/aromatic N) is 4. The molecule has 0 spiro atoms. The van der Waals surface area contributed by atoms with Crippen LogP contribution in [0.5, 0.6) is 5.75 Å². The minimum atomic E-state index is -4.08. The van der Waals surface area contributed by atoms with Gasteiger partial charge in [-0.25, -0.2) is 9.78 Å². The van der Waals surface area contributed by atoms with Gasteiger partial charge in [-0.15, -0.1) is 0 Å². The van der Waals surface area contributed by atoms with E-state index < -0.39 is 28.1 Å². The van der Waals surface area contributed by atoms with E-state index in [2.05, 4.69) is 9.71 Å². The molecule has 0 saturated carbocycles. The van der Waals surface area contributed by atoms with Gasteiger partial charge in [0.2, 0.25) is 0 Å². The van der Waals surface area contributed by atoms with Crippen LogP contribution in [0.1, 0.15) is 40.1 Å². The minimum absolute atomic E-state index is 0.0999. The number of likely N-dealkylation sites (N-methyl/N-ethyl adjacent to an activating group) is 1. The highest BCUT2D eigenvalue weighted by atomic mass is 32.2. The topological polar surface area (TPSA) is 154 Å². The molecule has 1 aliphatic rings. The van der Waals surface area contributed by atoms with Crippen LogP contribution in [0.25, 0.3) is 0 Å². The SMILES string of the molecule is C[C@@H]1CN([C@H](C)CO)C(=O)c2cccc(NS(=O)(=O)c3cn(C)cn3)c2O[C@@H]1CN(C)Cc1ccc(C(=O)O)cc1. The second kappa shape index (κ2) is 12.3. The van der Waals surface area contributed by atoms with Crippen molar-refractivity contribution in [2.45, 2.75) is 37.6 Å². The molecule has 0 aliphatic carbocycles. The molecule has 3 aromatic rings. The molecule has 2 heterocycles. The summed E-state index contributed by atoms with van der Waals surface area (Å²) in [5.74, 6) is -1.47. The summed E-state index contributed by atoms with van der Waals surface area (Å²) in [5.41, 5.74) is 1.39. The number of nitrogens with one attached hydrogen (secondary N) is 1. The number of aliphatic hydroxyl groups is 1. The van der Waals surface area contributed by atoms with Gasteiger partial charge in [0, 0.05) is 38.8 Å². The highest BCUT2D eigenvalue weighted by Gasteiger charge is 2.35. The lowest BCUT2D eigenvalue weighted by Crippen LogP contribution is -2.49. The van der Waals surface area contributed by atoms with Crippen molar-refractivity contribution in [1.29, 1.82) is 0 Å². The number of rotatable bonds is 10. The molecule has 4 rings (SSSR count). The van der Waals surface area contributed by atoms with Crippen LogP contribution in [-0.2, 0) is 23.6 Å². The first-order valence-corrected chi connectivity index (χ1v) is 14.6. The fourth-order valence-corrected chi connectivity index (χ4v) is 5.75. The van der Waals surface area contributed by atoms with E-state index in [0.717, 1.165) is 5.56 Å². The number of aromatic carboxylic acids is 1. The fraction of sp³-hybridized carbons (Fsp3) is 0.393. The summed E-state index contributed by atoms with van der Waals surface area (Å²) in [7, 11) is -0.525. The molecule has 41 heavy (non-hydrogen) atoms. The number of fused-ring (bicyclic) bond motifs is 1. The van der Waals surface area contributed by atoms with Crippen molar-refractivity contribution in [1.82, 2.24) is 19.4 Å². The molecule has 2 aromatic carbocycles. The zero-order valence-corrected chi connectivity index (χ0v) is 24.2. The lowest BCUT2D eigenvalue weighted by molar-refractivity contribution is 0.0343. The third-order valence-corrected chi connectivity index (χ3v) is 8.29. The van der Waals surface area contributed by atoms with Crippen LogP contribution in [0.15, 0.2) is 60.0 Å². The average molecular weight is 586 g/mol. The number of aryl methyl sites for hydroxylation is 1. The van der Waals surface area contributed by atoms with Gasteiger partial charge in [-0.2, -0.15) is 8.42 Å². The Bertz CT molecular complexity index is 1510. The van der Waals surface area contributed by atoms with Gasteiger partial charge in [0.25, 0.3) is 15.9 Å². The molecule has 0 unspecified atom stereocenters. The van der Waals surface area contributed by atoms with Gasteiger partial charge in [-0.1, -0.05) is 25.1 Å². The van der Waals surface area contributed by atoms with Crippen LogP contribution in [0.2, 0.25) is 0 Å². The molecule has 1 aliphatic heterocycles. The number of hydrogen-bond acceptors (Lipinski definition) is 8. The summed E-state index contributed by atoms with van der Waals surface area (Å²) in [6.07, 6.45) is 2.27. The van der Waals surface area contributed by atoms with Crippen LogP contribution in [0.3, 0.4) is 0 Å². The maximum atomic E-state index is 13.7. The molecule has 1 amide bonds. The Morgan fingerprint density at radius 3 is 2.56 bits per heavy atom. The number of hydrogen-bond donors (Lipinski definition) is 3. The number of carboxylic acid groups (broad SMARTS) is 1. The third-order valence-electron chi connectivity index (χ3n) is 7.04. The van der Waals surface area contributed by atoms with Gasteiger partial charge in [0.05, 0.1) is 35.8 Å². The van der Waals surface area contributed by atoms with E-state index in [1.54, 1.807) is 55.3 Å². The number of para-hydroxylation sites is 1. The quantitative estimate of drug-likeness (QED) is 0.325. The number of aromatic nitrogens is 2. The first kappa shape index (κ1) is 30.0. The molecule has 220 valence electrons. The van der Waals surface area contributed by atoms with Gasteiger partial charge < -0.3 is 24.4 Å². The molecule has 3 atom stereocenters. The van der Waals surface area contributed by atoms with Crippen LogP contribution in [0.4, 0.5) is 5.69 Å². The first-order chi connectivity index (χ1) is 19.4. The van der Waals surface area contributed by atoms with Gasteiger partial charge in [0.15, 0.2) is 10.8 Å². The standard InChI is InChI=1S/C28H35N5O7S/c1-18-12-33(19(2)16-34)27(35)22-6-5-7-23(30-41(38,39)25-15-32(4)17-29-25)26(22)40-24(18)14-31(3)13-20-8-10-21(11-9-20)28(36)37/h5-11,15,17-19,24,30,34H,12-14,16H2,1-4H3,(H,36,37)/t18-,19-,24-/m1/s1. The van der Waals surface area contributed by atoms with Crippen molar-refractivity contribution < 1.29 is 33.0 Å². The zero-order chi connectivity index (χ0) is 29.9. The van der Waals surface area contributed by atoms with Crippen LogP contribution >= 0.6 is 0 Å². The predicted molar refractivity (Wildman–Crippen MR) is 151 cm³/mol. The summed E-state index contributed by atoms with van der Waals surface area (Å²) in [6, 6.07) is 10.8. The molecule has 3 N–H and O–H groups in total. The maximum absolute atomic E-state index is 13.7. The number of anilines is 1. The van der Waals surface area contributed by atoms with E-state index in [9.17, 15) is 28.2 Å². The number of benzene rings is 2. The van der Waals surface area contributed by atoms with Gasteiger partial charge in [0.1, 0.15) is 6.10 Å². The summed E-state index contributed by atoms with van der Waals surface area (Å²) in [6.45, 7) is 4.69. The second-order valence-corrected chi connectivity index (χ2v) is 12.1. The number of ether oxygens (including phenoxy) is 1. The van der Waals surface area contributed by atoms with Crippen molar-refractivity contribution >= 4 is 27.6 Å². The van der Waals surface area contributed by atoms with Crippen molar-refractivity contribution in [3.8, 4) is 5.75 Å². The smallest absolute Gasteiger partial charge is 0.335 e. The number of carbonyl (C=O) groups is 2. The van der Waals surface area contributed by atoms with Gasteiger partial charge in [-0.05, 0) is 43.8 Å². The largest absolute Gasteiger partial charge is 0.486 e. The lowest BCUT2D eigenvalue weighted by atomic mass is 9.99. The van der Waals surface area contributed by atoms with Crippen LogP contribution < -0.4 is 9.46 Å². The molecule has 0 bridgehead atoms. The molecular weight excluding hydrogens is 550 g/mol. The molecule has 1 aromatic heterocycles. The Morgan fingerprint density at radius 1 is 1.24 bits per heavy atom. The van der Waals surface area contributed by atoms with Gasteiger partial charge >= 0.3 is 5.97 Å². The van der Waals surface area contributed by atoms with Crippen molar-refractivity contribution in [3.63, 3.8) is 0 Å². The molecular formula is C28H35N5O7S. The Hall–Kier alpha value is -3.94. The summed E-state index contributed by atoms with van der Waals surface area (Å²) in [4.78, 5) is 32.4. The van der Waals surface area contributed by atoms with E-state index >= 15 is 0 Å². The minimum Gasteiger partial charge on any atom is -0.486 e. The van der Waals surface area contributed by atoms with E-state index in [-0.39, 0.29) is 46.0 Å². The number of carbonyl (C=O) groups excluding carboxylic acids is 1. The summed E-state index contributed by atoms with van der Waals surface area (Å²) in [5, 5.41) is 18.9. The average Bonchev–Trinajstić information content (AvgIpc) is 3.38. The number of amides is 1. The van der Waals surface area contributed by atoms with E-state index in [1.165, 1.54) is 23.2 Å². The molecule has 13 heteroatoms. The molecule has 12 nitrogen and oxygen atoms in total. The highest BCUT2D eigenvalue weighted by Crippen LogP contribution is 2.36. The molecule has 0 fully saturated rings. The third kappa shape index (κ3) is 6.87. The number of aliphatic hydroxyl groups excluding tert-OH is 1. The monoisotopic (exact) mass is 585 g/mol. The Kier molecular flexibility index (Phi) is 9.00. The summed E-state index contributed by atoms with van der Waals surface area (Å²) < 4.78 is 36.8. The predicted octanol–water partition coefficient (Wildman–Crippen LogP) is 2.27. The number of imidazole rings is 1. The van der Waals surface area contributed by atoms with Crippen LogP contribution in [0, 0.1) is 5.92 Å². The highest BCUT2D eigenvalue weighted by molar-refractivity contribution is 7.92. The van der Waals surface area contributed by atoms with Crippen molar-refractivity contribution in [2.24, 2.45) is 13.0 Å². The van der Waals surface area contributed by atoms with Crippen LogP contribution in [-0.4, -0.2) is 88.7 Å². The van der Waals surface area contributed by atoms with E-state index in [1.807, 2.05) is 18.9 Å². The van der Waals surface area contributed by atoms with Crippen molar-refractivity contribution in [2.75, 3.05) is 31.5 Å². The number of sulfonamides is 1. The summed E-state index contributed by atoms with van der Waals surface area (Å²) >= 11 is 0. The fourth-order valence-electron chi connectivity index (χ4n) is 4.70. The van der Waals surface area contributed by atoms with E-state index in [4.69, 9.17) is 4.74 Å².